The highest BCUT2D eigenvalue weighted by Gasteiger charge is 2.22. The van der Waals surface area contributed by atoms with E-state index in [0.29, 0.717) is 23.8 Å². The number of hydrogen-bond acceptors (Lipinski definition) is 3. The summed E-state index contributed by atoms with van der Waals surface area (Å²) in [4.78, 5) is 25.9. The Kier molecular flexibility index (Phi) is 6.37. The Morgan fingerprint density at radius 2 is 2.12 bits per heavy atom. The van der Waals surface area contributed by atoms with Crippen molar-refractivity contribution in [2.45, 2.75) is 33.1 Å². The molecule has 24 heavy (non-hydrogen) atoms. The number of rotatable bonds is 5. The quantitative estimate of drug-likeness (QED) is 0.872. The normalized spacial score (nSPS) is 18.8. The summed E-state index contributed by atoms with van der Waals surface area (Å²) in [6, 6.07) is 5.44. The predicted molar refractivity (Wildman–Crippen MR) is 97.2 cm³/mol. The Morgan fingerprint density at radius 1 is 1.38 bits per heavy atom. The van der Waals surface area contributed by atoms with Gasteiger partial charge in [0.05, 0.1) is 0 Å². The minimum Gasteiger partial charge on any atom is -0.345 e. The molecule has 0 spiro atoms. The van der Waals surface area contributed by atoms with Gasteiger partial charge in [-0.3, -0.25) is 9.59 Å². The molecule has 132 valence electrons. The Hall–Kier alpha value is -1.88. The van der Waals surface area contributed by atoms with E-state index in [9.17, 15) is 9.59 Å². The molecule has 1 aromatic carbocycles. The van der Waals surface area contributed by atoms with Crippen LogP contribution in [0.1, 0.15) is 42.1 Å². The van der Waals surface area contributed by atoms with Gasteiger partial charge in [-0.25, -0.2) is 0 Å². The van der Waals surface area contributed by atoms with E-state index >= 15 is 0 Å². The van der Waals surface area contributed by atoms with Gasteiger partial charge in [0.1, 0.15) is 0 Å². The number of anilines is 1. The van der Waals surface area contributed by atoms with Gasteiger partial charge in [0.15, 0.2) is 0 Å². The molecule has 2 unspecified atom stereocenters. The lowest BCUT2D eigenvalue weighted by Gasteiger charge is -2.28. The van der Waals surface area contributed by atoms with Crippen LogP contribution in [-0.2, 0) is 4.79 Å². The maximum Gasteiger partial charge on any atom is 0.253 e. The zero-order chi connectivity index (χ0) is 17.7. The van der Waals surface area contributed by atoms with Gasteiger partial charge in [0, 0.05) is 31.8 Å². The van der Waals surface area contributed by atoms with Crippen LogP contribution in [-0.4, -0.2) is 43.9 Å². The summed E-state index contributed by atoms with van der Waals surface area (Å²) < 4.78 is 0. The van der Waals surface area contributed by atoms with Crippen molar-refractivity contribution < 1.29 is 9.59 Å². The van der Waals surface area contributed by atoms with Gasteiger partial charge in [-0.15, -0.1) is 0 Å². The Bertz CT molecular complexity index is 592. The Balaban J connectivity index is 1.94. The average molecular weight is 331 g/mol. The van der Waals surface area contributed by atoms with E-state index in [1.807, 2.05) is 13.0 Å². The molecule has 1 heterocycles. The third-order valence-electron chi connectivity index (χ3n) is 4.79. The molecule has 1 saturated heterocycles. The topological polar surface area (TPSA) is 61.4 Å². The number of carbonyl (C=O) groups is 2. The van der Waals surface area contributed by atoms with Crippen LogP contribution in [0.15, 0.2) is 18.2 Å². The molecule has 0 aromatic heterocycles. The van der Waals surface area contributed by atoms with Gasteiger partial charge in [-0.05, 0) is 68.5 Å². The summed E-state index contributed by atoms with van der Waals surface area (Å²) >= 11 is 0. The van der Waals surface area contributed by atoms with E-state index in [1.165, 1.54) is 12.8 Å². The van der Waals surface area contributed by atoms with Crippen molar-refractivity contribution in [3.63, 3.8) is 0 Å². The van der Waals surface area contributed by atoms with E-state index in [0.717, 1.165) is 24.3 Å². The van der Waals surface area contributed by atoms with Gasteiger partial charge in [-0.1, -0.05) is 6.92 Å². The van der Waals surface area contributed by atoms with Crippen LogP contribution >= 0.6 is 0 Å². The number of aryl methyl sites for hydroxylation is 1. The van der Waals surface area contributed by atoms with Crippen molar-refractivity contribution in [2.75, 3.05) is 32.5 Å². The second-order valence-electron chi connectivity index (χ2n) is 7.07. The van der Waals surface area contributed by atoms with E-state index in [2.05, 4.69) is 17.6 Å². The van der Waals surface area contributed by atoms with Crippen molar-refractivity contribution in [3.8, 4) is 0 Å². The smallest absolute Gasteiger partial charge is 0.253 e. The van der Waals surface area contributed by atoms with Crippen molar-refractivity contribution in [1.82, 2.24) is 10.2 Å². The van der Waals surface area contributed by atoms with E-state index in [-0.39, 0.29) is 11.8 Å². The standard InChI is InChI=1S/C19H29N3O2/c1-13(15-6-5-9-20-12-15)11-18(23)21-16-7-8-17(14(2)10-16)19(24)22(3)4/h7-8,10,13,15,20H,5-6,9,11-12H2,1-4H3,(H,21,23). The molecular formula is C19H29N3O2. The van der Waals surface area contributed by atoms with Crippen LogP contribution in [0, 0.1) is 18.8 Å². The molecule has 5 nitrogen and oxygen atoms in total. The van der Waals surface area contributed by atoms with Crippen LogP contribution in [0.2, 0.25) is 0 Å². The average Bonchev–Trinajstić information content (AvgIpc) is 2.55. The first-order valence-corrected chi connectivity index (χ1v) is 8.71. The molecule has 0 aliphatic carbocycles. The molecule has 1 fully saturated rings. The number of amides is 2. The van der Waals surface area contributed by atoms with Crippen molar-refractivity contribution in [3.05, 3.63) is 29.3 Å². The summed E-state index contributed by atoms with van der Waals surface area (Å²) in [6.07, 6.45) is 2.92. The van der Waals surface area contributed by atoms with Gasteiger partial charge in [0.25, 0.3) is 5.91 Å². The predicted octanol–water partition coefficient (Wildman–Crippen LogP) is 2.66. The summed E-state index contributed by atoms with van der Waals surface area (Å²) in [5, 5.41) is 6.37. The summed E-state index contributed by atoms with van der Waals surface area (Å²) in [5.41, 5.74) is 2.29. The monoisotopic (exact) mass is 331 g/mol. The molecule has 0 saturated carbocycles. The first-order chi connectivity index (χ1) is 11.4. The molecule has 0 bridgehead atoms. The highest BCUT2D eigenvalue weighted by molar-refractivity contribution is 5.97. The van der Waals surface area contributed by atoms with Crippen molar-refractivity contribution >= 4 is 17.5 Å². The maximum absolute atomic E-state index is 12.3. The SMILES string of the molecule is Cc1cc(NC(=O)CC(C)C2CCCNC2)ccc1C(=O)N(C)C. The number of hydrogen-bond donors (Lipinski definition) is 2. The lowest BCUT2D eigenvalue weighted by molar-refractivity contribution is -0.117. The van der Waals surface area contributed by atoms with Crippen LogP contribution in [0.25, 0.3) is 0 Å². The molecule has 1 aromatic rings. The minimum absolute atomic E-state index is 0.0243. The van der Waals surface area contributed by atoms with E-state index in [4.69, 9.17) is 0 Å². The highest BCUT2D eigenvalue weighted by Crippen LogP contribution is 2.23. The van der Waals surface area contributed by atoms with Gasteiger partial charge >= 0.3 is 0 Å². The van der Waals surface area contributed by atoms with Crippen molar-refractivity contribution in [1.29, 1.82) is 0 Å². The molecular weight excluding hydrogens is 302 g/mol. The summed E-state index contributed by atoms with van der Waals surface area (Å²) in [5.74, 6) is 0.961. The van der Waals surface area contributed by atoms with E-state index in [1.54, 1.807) is 31.1 Å². The number of carbonyl (C=O) groups excluding carboxylic acids is 2. The summed E-state index contributed by atoms with van der Waals surface area (Å²) in [7, 11) is 3.47. The largest absolute Gasteiger partial charge is 0.345 e. The van der Waals surface area contributed by atoms with Crippen LogP contribution in [0.4, 0.5) is 5.69 Å². The van der Waals surface area contributed by atoms with Crippen LogP contribution in [0.5, 0.6) is 0 Å². The molecule has 2 atom stereocenters. The second-order valence-corrected chi connectivity index (χ2v) is 7.07. The Labute approximate surface area is 144 Å². The first-order valence-electron chi connectivity index (χ1n) is 8.71. The van der Waals surface area contributed by atoms with E-state index < -0.39 is 0 Å². The summed E-state index contributed by atoms with van der Waals surface area (Å²) in [6.45, 7) is 6.14. The number of nitrogens with zero attached hydrogens (tertiary/aromatic N) is 1. The van der Waals surface area contributed by atoms with Gasteiger partial charge in [0.2, 0.25) is 5.91 Å². The maximum atomic E-state index is 12.3. The number of piperidine rings is 1. The zero-order valence-corrected chi connectivity index (χ0v) is 15.2. The van der Waals surface area contributed by atoms with Gasteiger partial charge < -0.3 is 15.5 Å². The molecule has 2 N–H and O–H groups in total. The number of nitrogens with one attached hydrogen (secondary N) is 2. The molecule has 0 radical (unpaired) electrons. The van der Waals surface area contributed by atoms with Crippen LogP contribution < -0.4 is 10.6 Å². The molecule has 2 rings (SSSR count). The lowest BCUT2D eigenvalue weighted by atomic mass is 9.85. The fourth-order valence-electron chi connectivity index (χ4n) is 3.26. The Morgan fingerprint density at radius 3 is 2.71 bits per heavy atom. The van der Waals surface area contributed by atoms with Crippen LogP contribution in [0.3, 0.4) is 0 Å². The third kappa shape index (κ3) is 4.81. The molecule has 5 heteroatoms. The minimum atomic E-state index is -0.0243. The first kappa shape index (κ1) is 18.5. The fraction of sp³-hybridized carbons (Fsp3) is 0.579. The second kappa shape index (κ2) is 8.29. The zero-order valence-electron chi connectivity index (χ0n) is 15.2. The molecule has 1 aliphatic rings. The van der Waals surface area contributed by atoms with Gasteiger partial charge in [-0.2, -0.15) is 0 Å². The third-order valence-corrected chi connectivity index (χ3v) is 4.79. The molecule has 2 amide bonds. The van der Waals surface area contributed by atoms with Crippen molar-refractivity contribution in [2.24, 2.45) is 11.8 Å². The number of benzene rings is 1. The highest BCUT2D eigenvalue weighted by atomic mass is 16.2. The lowest BCUT2D eigenvalue weighted by Crippen LogP contribution is -2.34. The fourth-order valence-corrected chi connectivity index (χ4v) is 3.26. The molecule has 1 aliphatic heterocycles.